The Labute approximate surface area is 197 Å². The number of aryl methyl sites for hydroxylation is 1. The molecule has 2 atom stereocenters. The number of benzene rings is 1. The lowest BCUT2D eigenvalue weighted by atomic mass is 10.1. The molecule has 0 aromatic heterocycles. The van der Waals surface area contributed by atoms with Crippen LogP contribution < -0.4 is 20.1 Å². The Morgan fingerprint density at radius 2 is 2.07 bits per heavy atom. The molecular weight excluding hydrogens is 519 g/mol. The van der Waals surface area contributed by atoms with E-state index >= 15 is 0 Å². The molecule has 0 spiro atoms. The third-order valence-corrected chi connectivity index (χ3v) is 6.02. The number of ether oxygens (including phenoxy) is 2. The van der Waals surface area contributed by atoms with Gasteiger partial charge in [0.1, 0.15) is 11.9 Å². The van der Waals surface area contributed by atoms with Crippen molar-refractivity contribution in [3.8, 4) is 5.75 Å². The van der Waals surface area contributed by atoms with Crippen molar-refractivity contribution in [2.75, 3.05) is 39.0 Å². The van der Waals surface area contributed by atoms with Gasteiger partial charge in [0, 0.05) is 26.7 Å². The summed E-state index contributed by atoms with van der Waals surface area (Å²) < 4.78 is 38.4. The predicted octanol–water partition coefficient (Wildman–Crippen LogP) is 2.03. The third-order valence-electron chi connectivity index (χ3n) is 4.67. The van der Waals surface area contributed by atoms with Gasteiger partial charge in [-0.3, -0.25) is 4.99 Å². The minimum absolute atomic E-state index is 0. The predicted molar refractivity (Wildman–Crippen MR) is 131 cm³/mol. The second-order valence-electron chi connectivity index (χ2n) is 7.23. The fraction of sp³-hybridized carbons (Fsp3) is 0.650. The van der Waals surface area contributed by atoms with Crippen molar-refractivity contribution in [3.63, 3.8) is 0 Å². The highest BCUT2D eigenvalue weighted by atomic mass is 127. The minimum atomic E-state index is -3.36. The van der Waals surface area contributed by atoms with Crippen molar-refractivity contribution in [1.82, 2.24) is 15.4 Å². The Morgan fingerprint density at radius 1 is 1.30 bits per heavy atom. The van der Waals surface area contributed by atoms with Crippen LogP contribution >= 0.6 is 24.0 Å². The van der Waals surface area contributed by atoms with Gasteiger partial charge in [0.15, 0.2) is 5.96 Å². The van der Waals surface area contributed by atoms with E-state index in [1.165, 1.54) is 0 Å². The van der Waals surface area contributed by atoms with Crippen molar-refractivity contribution in [1.29, 1.82) is 0 Å². The summed E-state index contributed by atoms with van der Waals surface area (Å²) in [6.07, 6.45) is 2.95. The van der Waals surface area contributed by atoms with Crippen LogP contribution in [0.15, 0.2) is 29.3 Å². The molecule has 1 aromatic rings. The normalized spacial score (nSPS) is 18.2. The summed E-state index contributed by atoms with van der Waals surface area (Å²) in [4.78, 5) is 4.13. The Bertz CT molecular complexity index is 755. The van der Waals surface area contributed by atoms with Gasteiger partial charge in [-0.1, -0.05) is 18.2 Å². The summed E-state index contributed by atoms with van der Waals surface area (Å²) in [5.74, 6) is 1.36. The lowest BCUT2D eigenvalue weighted by Crippen LogP contribution is -2.44. The first-order chi connectivity index (χ1) is 13.9. The first kappa shape index (κ1) is 26.9. The lowest BCUT2D eigenvalue weighted by molar-refractivity contribution is 0.0200. The van der Waals surface area contributed by atoms with Crippen molar-refractivity contribution in [2.45, 2.75) is 45.3 Å². The molecule has 3 N–H and O–H groups in total. The Hall–Kier alpha value is -1.11. The van der Waals surface area contributed by atoms with Gasteiger partial charge in [0.25, 0.3) is 0 Å². The summed E-state index contributed by atoms with van der Waals surface area (Å²) in [5, 5.41) is 6.18. The average Bonchev–Trinajstić information content (AvgIpc) is 2.71. The minimum Gasteiger partial charge on any atom is -0.489 e. The second kappa shape index (κ2) is 14.0. The molecule has 1 fully saturated rings. The number of aliphatic imine (C=N–C) groups is 1. The van der Waals surface area contributed by atoms with Crippen molar-refractivity contribution >= 4 is 40.0 Å². The van der Waals surface area contributed by atoms with Crippen LogP contribution in [0.3, 0.4) is 0 Å². The van der Waals surface area contributed by atoms with Crippen molar-refractivity contribution < 1.29 is 17.9 Å². The summed E-state index contributed by atoms with van der Waals surface area (Å²) >= 11 is 0. The summed E-state index contributed by atoms with van der Waals surface area (Å²) in [6, 6.07) is 7.86. The molecule has 10 heteroatoms. The molecule has 1 heterocycles. The number of nitrogens with one attached hydrogen (secondary N) is 3. The summed E-state index contributed by atoms with van der Waals surface area (Å²) in [5.41, 5.74) is 1.08. The lowest BCUT2D eigenvalue weighted by Gasteiger charge is -2.22. The van der Waals surface area contributed by atoms with E-state index in [1.54, 1.807) is 7.05 Å². The van der Waals surface area contributed by atoms with E-state index in [0.717, 1.165) is 30.6 Å². The van der Waals surface area contributed by atoms with Gasteiger partial charge in [-0.05, 0) is 44.7 Å². The summed E-state index contributed by atoms with van der Waals surface area (Å²) in [6.45, 7) is 5.82. The van der Waals surface area contributed by atoms with Gasteiger partial charge in [-0.25, -0.2) is 13.1 Å². The van der Waals surface area contributed by atoms with Gasteiger partial charge in [0.05, 0.1) is 18.4 Å². The van der Waals surface area contributed by atoms with Crippen LogP contribution in [0, 0.1) is 6.92 Å². The molecule has 1 saturated heterocycles. The average molecular weight is 554 g/mol. The molecule has 0 aliphatic carbocycles. The topological polar surface area (TPSA) is 101 Å². The number of guanidine groups is 1. The van der Waals surface area contributed by atoms with Crippen LogP contribution in [-0.2, 0) is 14.8 Å². The maximum Gasteiger partial charge on any atom is 0.213 e. The highest BCUT2D eigenvalue weighted by Crippen LogP contribution is 2.17. The van der Waals surface area contributed by atoms with Crippen molar-refractivity contribution in [2.24, 2.45) is 4.99 Å². The highest BCUT2D eigenvalue weighted by molar-refractivity contribution is 14.0. The number of hydrogen-bond donors (Lipinski definition) is 3. The zero-order chi connectivity index (χ0) is 21.1. The largest absolute Gasteiger partial charge is 0.489 e. The molecule has 0 bridgehead atoms. The van der Waals surface area contributed by atoms with Crippen LogP contribution in [0.2, 0.25) is 0 Å². The van der Waals surface area contributed by atoms with E-state index in [0.29, 0.717) is 25.7 Å². The van der Waals surface area contributed by atoms with Crippen LogP contribution in [0.5, 0.6) is 5.75 Å². The molecule has 0 radical (unpaired) electrons. The van der Waals surface area contributed by atoms with Gasteiger partial charge in [-0.15, -0.1) is 24.0 Å². The number of para-hydroxylation sites is 1. The zero-order valence-corrected chi connectivity index (χ0v) is 21.2. The number of halogens is 1. The maximum atomic E-state index is 12.2. The quantitative estimate of drug-likeness (QED) is 0.233. The zero-order valence-electron chi connectivity index (χ0n) is 18.0. The molecule has 0 amide bonds. The fourth-order valence-electron chi connectivity index (χ4n) is 2.97. The number of rotatable bonds is 10. The molecule has 0 saturated carbocycles. The monoisotopic (exact) mass is 554 g/mol. The molecular formula is C20H35IN4O4S. The fourth-order valence-corrected chi connectivity index (χ4v) is 3.93. The first-order valence-electron chi connectivity index (χ1n) is 10.2. The van der Waals surface area contributed by atoms with E-state index in [1.807, 2.05) is 38.1 Å². The van der Waals surface area contributed by atoms with Crippen LogP contribution in [0.4, 0.5) is 0 Å². The SMILES string of the molecule is CN=C(NCCS(=O)(=O)NCC1CCCCO1)NCC(C)Oc1ccccc1C.I. The molecule has 1 aromatic carbocycles. The van der Waals surface area contributed by atoms with Crippen LogP contribution in [0.1, 0.15) is 31.7 Å². The molecule has 8 nitrogen and oxygen atoms in total. The number of hydrogen-bond acceptors (Lipinski definition) is 5. The van der Waals surface area contributed by atoms with E-state index < -0.39 is 10.0 Å². The Balaban J connectivity index is 0.00000450. The molecule has 172 valence electrons. The number of sulfonamides is 1. The van der Waals surface area contributed by atoms with Gasteiger partial charge >= 0.3 is 0 Å². The number of nitrogens with zero attached hydrogens (tertiary/aromatic N) is 1. The second-order valence-corrected chi connectivity index (χ2v) is 9.16. The molecule has 2 rings (SSSR count). The van der Waals surface area contributed by atoms with Gasteiger partial charge in [-0.2, -0.15) is 0 Å². The molecule has 30 heavy (non-hydrogen) atoms. The molecule has 2 unspecified atom stereocenters. The van der Waals surface area contributed by atoms with E-state index in [4.69, 9.17) is 9.47 Å². The van der Waals surface area contributed by atoms with Crippen molar-refractivity contribution in [3.05, 3.63) is 29.8 Å². The van der Waals surface area contributed by atoms with Gasteiger partial charge < -0.3 is 20.1 Å². The molecule has 1 aliphatic rings. The standard InChI is InChI=1S/C20H34N4O4S.HI/c1-16-8-4-5-10-19(16)28-17(2)14-23-20(21-3)22-11-13-29(25,26)24-15-18-9-6-7-12-27-18;/h4-5,8,10,17-18,24H,6-7,9,11-15H2,1-3H3,(H2,21,22,23);1H. The Kier molecular flexibility index (Phi) is 12.6. The third kappa shape index (κ3) is 10.3. The highest BCUT2D eigenvalue weighted by Gasteiger charge is 2.17. The first-order valence-corrected chi connectivity index (χ1v) is 11.8. The van der Waals surface area contributed by atoms with Crippen LogP contribution in [0.25, 0.3) is 0 Å². The molecule has 1 aliphatic heterocycles. The van der Waals surface area contributed by atoms with E-state index in [2.05, 4.69) is 20.3 Å². The Morgan fingerprint density at radius 3 is 2.73 bits per heavy atom. The van der Waals surface area contributed by atoms with Crippen LogP contribution in [-0.4, -0.2) is 65.6 Å². The maximum absolute atomic E-state index is 12.2. The van der Waals surface area contributed by atoms with E-state index in [-0.39, 0.29) is 48.5 Å². The summed E-state index contributed by atoms with van der Waals surface area (Å²) in [7, 11) is -1.71. The van der Waals surface area contributed by atoms with E-state index in [9.17, 15) is 8.42 Å². The smallest absolute Gasteiger partial charge is 0.213 e. The van der Waals surface area contributed by atoms with Gasteiger partial charge in [0.2, 0.25) is 10.0 Å².